The Bertz CT molecular complexity index is 1280. The molecule has 0 unspecified atom stereocenters. The van der Waals surface area contributed by atoms with E-state index in [1.165, 1.54) is 54.7 Å². The van der Waals surface area contributed by atoms with E-state index >= 15 is 0 Å². The van der Waals surface area contributed by atoms with Crippen molar-refractivity contribution >= 4 is 32.4 Å². The van der Waals surface area contributed by atoms with E-state index in [0.29, 0.717) is 0 Å². The molecular formula is C26H27N. The highest BCUT2D eigenvalue weighted by Crippen LogP contribution is 2.52. The highest BCUT2D eigenvalue weighted by atomic mass is 14.7. The highest BCUT2D eigenvalue weighted by Gasteiger charge is 2.36. The molecule has 136 valence electrons. The molecule has 1 aliphatic carbocycles. The Morgan fingerprint density at radius 1 is 0.815 bits per heavy atom. The van der Waals surface area contributed by atoms with Gasteiger partial charge in [0.15, 0.2) is 0 Å². The van der Waals surface area contributed by atoms with Gasteiger partial charge in [-0.2, -0.15) is 0 Å². The number of pyridine rings is 1. The maximum atomic E-state index is 4.87. The van der Waals surface area contributed by atoms with Crippen LogP contribution in [-0.4, -0.2) is 4.98 Å². The monoisotopic (exact) mass is 353 g/mol. The number of hydrogen-bond acceptors (Lipinski definition) is 1. The van der Waals surface area contributed by atoms with Gasteiger partial charge in [-0.1, -0.05) is 52.3 Å². The van der Waals surface area contributed by atoms with Crippen molar-refractivity contribution < 1.29 is 0 Å². The third kappa shape index (κ3) is 2.03. The smallest absolute Gasteiger partial charge is 0.0790 e. The van der Waals surface area contributed by atoms with E-state index in [1.54, 1.807) is 0 Å². The quantitative estimate of drug-likeness (QED) is 0.307. The number of fused-ring (bicyclic) bond motifs is 3. The predicted octanol–water partition coefficient (Wildman–Crippen LogP) is 7.09. The first-order valence-electron chi connectivity index (χ1n) is 9.91. The fourth-order valence-electron chi connectivity index (χ4n) is 5.13. The first-order valence-corrected chi connectivity index (χ1v) is 9.91. The van der Waals surface area contributed by atoms with E-state index in [1.807, 2.05) is 6.20 Å². The van der Waals surface area contributed by atoms with Crippen LogP contribution in [0.15, 0.2) is 36.5 Å². The Morgan fingerprint density at radius 2 is 1.56 bits per heavy atom. The lowest BCUT2D eigenvalue weighted by Crippen LogP contribution is -2.18. The summed E-state index contributed by atoms with van der Waals surface area (Å²) in [6.07, 6.45) is 2.00. The largest absolute Gasteiger partial charge is 0.256 e. The molecule has 27 heavy (non-hydrogen) atoms. The van der Waals surface area contributed by atoms with Gasteiger partial charge in [-0.25, -0.2) is 0 Å². The molecule has 0 radical (unpaired) electrons. The zero-order valence-electron chi connectivity index (χ0n) is 17.4. The minimum absolute atomic E-state index is 0.00333. The molecule has 0 amide bonds. The van der Waals surface area contributed by atoms with E-state index in [9.17, 15) is 0 Å². The summed E-state index contributed by atoms with van der Waals surface area (Å²) in [6, 6.07) is 11.8. The molecule has 0 saturated heterocycles. The van der Waals surface area contributed by atoms with Crippen molar-refractivity contribution in [3.8, 4) is 0 Å². The van der Waals surface area contributed by atoms with Gasteiger partial charge < -0.3 is 0 Å². The van der Waals surface area contributed by atoms with Crippen LogP contribution < -0.4 is 0 Å². The SMILES string of the molecule is Cc1cc(C)c2c(c1)c1nccc3c1c1c(cc(C(C)(C)C)cc21)C3(C)C. The summed E-state index contributed by atoms with van der Waals surface area (Å²) in [5, 5.41) is 6.86. The number of hydrogen-bond donors (Lipinski definition) is 0. The van der Waals surface area contributed by atoms with Gasteiger partial charge in [0, 0.05) is 22.4 Å². The van der Waals surface area contributed by atoms with Crippen LogP contribution in [-0.2, 0) is 10.8 Å². The van der Waals surface area contributed by atoms with Gasteiger partial charge in [-0.15, -0.1) is 0 Å². The minimum Gasteiger partial charge on any atom is -0.256 e. The second kappa shape index (κ2) is 4.90. The molecule has 0 saturated carbocycles. The Balaban J connectivity index is 2.17. The zero-order valence-corrected chi connectivity index (χ0v) is 17.4. The van der Waals surface area contributed by atoms with Crippen molar-refractivity contribution in [1.82, 2.24) is 4.98 Å². The van der Waals surface area contributed by atoms with Gasteiger partial charge in [0.2, 0.25) is 0 Å². The molecular weight excluding hydrogens is 326 g/mol. The average Bonchev–Trinajstić information content (AvgIpc) is 2.81. The molecule has 0 aliphatic heterocycles. The molecule has 1 heterocycles. The Labute approximate surface area is 161 Å². The summed E-state index contributed by atoms with van der Waals surface area (Å²) in [5.74, 6) is 0. The maximum absolute atomic E-state index is 4.87. The molecule has 5 rings (SSSR count). The Hall–Kier alpha value is -2.41. The van der Waals surface area contributed by atoms with Crippen LogP contribution in [0.25, 0.3) is 32.4 Å². The second-order valence-corrected chi connectivity index (χ2v) is 9.91. The normalized spacial score (nSPS) is 15.5. The summed E-state index contributed by atoms with van der Waals surface area (Å²) >= 11 is 0. The summed E-state index contributed by atoms with van der Waals surface area (Å²) in [4.78, 5) is 4.87. The van der Waals surface area contributed by atoms with Crippen molar-refractivity contribution in [2.45, 2.75) is 59.3 Å². The van der Waals surface area contributed by atoms with Crippen LogP contribution in [0.1, 0.15) is 62.4 Å². The lowest BCUT2D eigenvalue weighted by molar-refractivity contribution is 0.586. The van der Waals surface area contributed by atoms with Crippen LogP contribution in [0, 0.1) is 13.8 Å². The zero-order chi connectivity index (χ0) is 19.3. The number of rotatable bonds is 0. The van der Waals surface area contributed by atoms with E-state index in [4.69, 9.17) is 4.98 Å². The van der Waals surface area contributed by atoms with Crippen LogP contribution in [0.5, 0.6) is 0 Å². The Kier molecular flexibility index (Phi) is 3.04. The second-order valence-electron chi connectivity index (χ2n) is 9.91. The summed E-state index contributed by atoms with van der Waals surface area (Å²) < 4.78 is 0. The molecule has 0 fully saturated rings. The fourth-order valence-corrected chi connectivity index (χ4v) is 5.13. The molecule has 0 N–H and O–H groups in total. The molecule has 3 aromatic carbocycles. The molecule has 0 atom stereocenters. The topological polar surface area (TPSA) is 12.9 Å². The Morgan fingerprint density at radius 3 is 2.26 bits per heavy atom. The van der Waals surface area contributed by atoms with Gasteiger partial charge in [-0.05, 0) is 75.9 Å². The van der Waals surface area contributed by atoms with E-state index in [0.717, 1.165) is 5.52 Å². The van der Waals surface area contributed by atoms with Gasteiger partial charge in [0.25, 0.3) is 0 Å². The van der Waals surface area contributed by atoms with E-state index in [2.05, 4.69) is 78.8 Å². The van der Waals surface area contributed by atoms with Crippen molar-refractivity contribution in [1.29, 1.82) is 0 Å². The van der Waals surface area contributed by atoms with Crippen molar-refractivity contribution in [3.05, 3.63) is 64.3 Å². The van der Waals surface area contributed by atoms with Crippen molar-refractivity contribution in [2.75, 3.05) is 0 Å². The average molecular weight is 354 g/mol. The molecule has 1 aliphatic rings. The molecule has 1 nitrogen and oxygen atoms in total. The lowest BCUT2D eigenvalue weighted by atomic mass is 9.78. The van der Waals surface area contributed by atoms with Gasteiger partial charge >= 0.3 is 0 Å². The third-order valence-electron chi connectivity index (χ3n) is 6.56. The van der Waals surface area contributed by atoms with Crippen LogP contribution in [0.3, 0.4) is 0 Å². The van der Waals surface area contributed by atoms with Gasteiger partial charge in [-0.3, -0.25) is 4.98 Å². The lowest BCUT2D eigenvalue weighted by Gasteiger charge is -2.26. The van der Waals surface area contributed by atoms with Gasteiger partial charge in [0.1, 0.15) is 0 Å². The summed E-state index contributed by atoms with van der Waals surface area (Å²) in [5.41, 5.74) is 8.23. The fraction of sp³-hybridized carbons (Fsp3) is 0.346. The predicted molar refractivity (Wildman–Crippen MR) is 117 cm³/mol. The number of aryl methyl sites for hydroxylation is 2. The standard InChI is InChI=1S/C26H27N/c1-14-10-15(2)21-17-12-16(25(3,4)5)13-20-22(17)23-19(26(20,6)7)8-9-27-24(23)18(21)11-14/h8-13H,1-7H3. The maximum Gasteiger partial charge on any atom is 0.0790 e. The molecule has 4 aromatic rings. The first-order chi connectivity index (χ1) is 12.6. The van der Waals surface area contributed by atoms with Crippen LogP contribution >= 0.6 is 0 Å². The van der Waals surface area contributed by atoms with Crippen molar-refractivity contribution in [2.24, 2.45) is 0 Å². The number of nitrogens with zero attached hydrogens (tertiary/aromatic N) is 1. The molecule has 0 bridgehead atoms. The minimum atomic E-state index is 0.00333. The number of benzene rings is 3. The molecule has 1 heteroatoms. The van der Waals surface area contributed by atoms with Crippen molar-refractivity contribution in [3.63, 3.8) is 0 Å². The number of aromatic nitrogens is 1. The van der Waals surface area contributed by atoms with Gasteiger partial charge in [0.05, 0.1) is 5.52 Å². The first kappa shape index (κ1) is 16.7. The summed E-state index contributed by atoms with van der Waals surface area (Å²) in [6.45, 7) is 16.1. The summed E-state index contributed by atoms with van der Waals surface area (Å²) in [7, 11) is 0. The van der Waals surface area contributed by atoms with E-state index < -0.39 is 0 Å². The van der Waals surface area contributed by atoms with Crippen LogP contribution in [0.4, 0.5) is 0 Å². The van der Waals surface area contributed by atoms with Crippen LogP contribution in [0.2, 0.25) is 0 Å². The highest BCUT2D eigenvalue weighted by molar-refractivity contribution is 6.28. The third-order valence-corrected chi connectivity index (χ3v) is 6.56. The van der Waals surface area contributed by atoms with E-state index in [-0.39, 0.29) is 10.8 Å². The molecule has 0 spiro atoms. The molecule has 1 aromatic heterocycles.